The molecule has 3 rings (SSSR count). The van der Waals surface area contributed by atoms with Crippen LogP contribution in [0.1, 0.15) is 13.3 Å². The first kappa shape index (κ1) is 19.1. The van der Waals surface area contributed by atoms with Crippen molar-refractivity contribution in [3.05, 3.63) is 71.8 Å². The molecule has 0 aliphatic heterocycles. The van der Waals surface area contributed by atoms with Crippen LogP contribution in [0.5, 0.6) is 11.5 Å². The zero-order chi connectivity index (χ0) is 19.1. The highest BCUT2D eigenvalue weighted by Gasteiger charge is 2.18. The fourth-order valence-corrected chi connectivity index (χ4v) is 2.91. The number of ether oxygens (including phenoxy) is 2. The number of halogens is 1. The fourth-order valence-electron chi connectivity index (χ4n) is 2.73. The minimum Gasteiger partial charge on any atom is -0.492 e. The van der Waals surface area contributed by atoms with E-state index in [1.807, 2.05) is 55.5 Å². The van der Waals surface area contributed by atoms with Crippen LogP contribution in [0.4, 0.5) is 0 Å². The number of amides is 1. The highest BCUT2D eigenvalue weighted by Crippen LogP contribution is 2.25. The van der Waals surface area contributed by atoms with E-state index in [9.17, 15) is 4.79 Å². The lowest BCUT2D eigenvalue weighted by molar-refractivity contribution is -0.128. The van der Waals surface area contributed by atoms with Crippen molar-refractivity contribution in [3.8, 4) is 11.5 Å². The topological polar surface area (TPSA) is 47.6 Å². The Balaban J connectivity index is 1.48. The van der Waals surface area contributed by atoms with Crippen LogP contribution in [-0.2, 0) is 4.79 Å². The summed E-state index contributed by atoms with van der Waals surface area (Å²) in [6.45, 7) is 2.67. The molecule has 5 heteroatoms. The lowest BCUT2D eigenvalue weighted by Crippen LogP contribution is -2.39. The number of hydrogen-bond donors (Lipinski definition) is 1. The minimum absolute atomic E-state index is 0.181. The molecule has 0 bridgehead atoms. The lowest BCUT2D eigenvalue weighted by atomic mass is 10.1. The normalized spacial score (nSPS) is 11.8. The largest absolute Gasteiger partial charge is 0.492 e. The molecule has 0 aromatic heterocycles. The van der Waals surface area contributed by atoms with Crippen LogP contribution in [-0.4, -0.2) is 25.2 Å². The second-order valence-corrected chi connectivity index (χ2v) is 6.50. The molecule has 1 amide bonds. The Bertz CT molecular complexity index is 913. The maximum absolute atomic E-state index is 12.3. The summed E-state index contributed by atoms with van der Waals surface area (Å²) < 4.78 is 11.5. The van der Waals surface area contributed by atoms with Crippen LogP contribution in [0, 0.1) is 0 Å². The zero-order valence-electron chi connectivity index (χ0n) is 15.2. The Hall–Kier alpha value is -2.72. The molecule has 27 heavy (non-hydrogen) atoms. The van der Waals surface area contributed by atoms with E-state index in [1.54, 1.807) is 12.1 Å². The Kier molecular flexibility index (Phi) is 6.55. The van der Waals surface area contributed by atoms with Gasteiger partial charge in [-0.15, -0.1) is 0 Å². The number of nitrogens with one attached hydrogen (secondary N) is 1. The van der Waals surface area contributed by atoms with E-state index in [1.165, 1.54) is 5.39 Å². The first-order valence-corrected chi connectivity index (χ1v) is 9.35. The summed E-state index contributed by atoms with van der Waals surface area (Å²) in [6.07, 6.45) is -0.0478. The molecule has 3 aromatic rings. The van der Waals surface area contributed by atoms with Gasteiger partial charge in [-0.2, -0.15) is 0 Å². The molecule has 3 aromatic carbocycles. The van der Waals surface area contributed by atoms with E-state index in [2.05, 4.69) is 11.4 Å². The maximum Gasteiger partial charge on any atom is 0.261 e. The summed E-state index contributed by atoms with van der Waals surface area (Å²) in [4.78, 5) is 12.3. The third-order valence-corrected chi connectivity index (χ3v) is 4.47. The standard InChI is InChI=1S/C22H22ClNO3/c1-2-20(27-21-10-6-5-9-19(21)23)22(25)24-13-14-26-18-12-11-16-7-3-4-8-17(16)15-18/h3-12,15,20H,2,13-14H2,1H3,(H,24,25)/t20-/m0/s1. The molecule has 140 valence electrons. The van der Waals surface area contributed by atoms with Gasteiger partial charge in [-0.3, -0.25) is 4.79 Å². The van der Waals surface area contributed by atoms with E-state index in [0.717, 1.165) is 11.1 Å². The third-order valence-electron chi connectivity index (χ3n) is 4.16. The van der Waals surface area contributed by atoms with E-state index in [-0.39, 0.29) is 5.91 Å². The predicted molar refractivity (Wildman–Crippen MR) is 109 cm³/mol. The van der Waals surface area contributed by atoms with Crippen molar-refractivity contribution in [1.82, 2.24) is 5.32 Å². The number of carbonyl (C=O) groups is 1. The molecular weight excluding hydrogens is 362 g/mol. The van der Waals surface area contributed by atoms with Crippen LogP contribution in [0.25, 0.3) is 10.8 Å². The Morgan fingerprint density at radius 2 is 1.78 bits per heavy atom. The Morgan fingerprint density at radius 3 is 2.56 bits per heavy atom. The van der Waals surface area contributed by atoms with Gasteiger partial charge in [0.2, 0.25) is 0 Å². The van der Waals surface area contributed by atoms with Crippen molar-refractivity contribution in [1.29, 1.82) is 0 Å². The van der Waals surface area contributed by atoms with Crippen LogP contribution >= 0.6 is 11.6 Å². The molecule has 4 nitrogen and oxygen atoms in total. The maximum atomic E-state index is 12.3. The average molecular weight is 384 g/mol. The Labute approximate surface area is 164 Å². The van der Waals surface area contributed by atoms with Gasteiger partial charge in [-0.25, -0.2) is 0 Å². The summed E-state index contributed by atoms with van der Waals surface area (Å²) in [5.41, 5.74) is 0. The molecule has 0 aliphatic carbocycles. The molecule has 0 aliphatic rings. The van der Waals surface area contributed by atoms with Crippen LogP contribution in [0.15, 0.2) is 66.7 Å². The quantitative estimate of drug-likeness (QED) is 0.566. The van der Waals surface area contributed by atoms with Gasteiger partial charge in [0.05, 0.1) is 11.6 Å². The lowest BCUT2D eigenvalue weighted by Gasteiger charge is -2.18. The first-order chi connectivity index (χ1) is 13.2. The van der Waals surface area contributed by atoms with Crippen LogP contribution in [0.3, 0.4) is 0 Å². The minimum atomic E-state index is -0.592. The summed E-state index contributed by atoms with van der Waals surface area (Å²) in [7, 11) is 0. The zero-order valence-corrected chi connectivity index (χ0v) is 15.9. The molecule has 0 saturated carbocycles. The second kappa shape index (κ2) is 9.28. The predicted octanol–water partition coefficient (Wildman–Crippen LogP) is 4.85. The third kappa shape index (κ3) is 5.14. The molecule has 0 fully saturated rings. The molecule has 0 saturated heterocycles. The Morgan fingerprint density at radius 1 is 1.04 bits per heavy atom. The van der Waals surface area contributed by atoms with Crippen molar-refractivity contribution in [2.45, 2.75) is 19.4 Å². The van der Waals surface area contributed by atoms with Crippen molar-refractivity contribution in [2.24, 2.45) is 0 Å². The molecular formula is C22H22ClNO3. The fraction of sp³-hybridized carbons (Fsp3) is 0.227. The smallest absolute Gasteiger partial charge is 0.261 e. The molecule has 0 unspecified atom stereocenters. The molecule has 0 spiro atoms. The summed E-state index contributed by atoms with van der Waals surface area (Å²) in [6, 6.07) is 21.2. The number of benzene rings is 3. The molecule has 0 radical (unpaired) electrons. The van der Waals surface area contributed by atoms with Gasteiger partial charge in [-0.1, -0.05) is 61.0 Å². The van der Waals surface area contributed by atoms with E-state index >= 15 is 0 Å². The van der Waals surface area contributed by atoms with Gasteiger partial charge in [0.1, 0.15) is 18.1 Å². The number of rotatable bonds is 8. The van der Waals surface area contributed by atoms with Crippen LogP contribution < -0.4 is 14.8 Å². The van der Waals surface area contributed by atoms with E-state index < -0.39 is 6.10 Å². The van der Waals surface area contributed by atoms with Crippen molar-refractivity contribution in [3.63, 3.8) is 0 Å². The van der Waals surface area contributed by atoms with E-state index in [0.29, 0.717) is 30.3 Å². The number of carbonyl (C=O) groups excluding carboxylic acids is 1. The summed E-state index contributed by atoms with van der Waals surface area (Å²) in [5, 5.41) is 5.63. The molecule has 1 atom stereocenters. The van der Waals surface area contributed by atoms with Gasteiger partial charge in [0.15, 0.2) is 6.10 Å². The monoisotopic (exact) mass is 383 g/mol. The highest BCUT2D eigenvalue weighted by molar-refractivity contribution is 6.32. The van der Waals surface area contributed by atoms with Crippen molar-refractivity contribution < 1.29 is 14.3 Å². The number of hydrogen-bond acceptors (Lipinski definition) is 3. The van der Waals surface area contributed by atoms with Gasteiger partial charge in [0, 0.05) is 0 Å². The molecule has 1 N–H and O–H groups in total. The second-order valence-electron chi connectivity index (χ2n) is 6.09. The SMILES string of the molecule is CC[C@H](Oc1ccccc1Cl)C(=O)NCCOc1ccc2ccccc2c1. The van der Waals surface area contributed by atoms with Crippen molar-refractivity contribution in [2.75, 3.05) is 13.2 Å². The summed E-state index contributed by atoms with van der Waals surface area (Å²) in [5.74, 6) is 1.11. The summed E-state index contributed by atoms with van der Waals surface area (Å²) >= 11 is 6.09. The average Bonchev–Trinajstić information content (AvgIpc) is 2.70. The van der Waals surface area contributed by atoms with Gasteiger partial charge in [0.25, 0.3) is 5.91 Å². The van der Waals surface area contributed by atoms with Gasteiger partial charge in [-0.05, 0) is 41.5 Å². The van der Waals surface area contributed by atoms with E-state index in [4.69, 9.17) is 21.1 Å². The highest BCUT2D eigenvalue weighted by atomic mass is 35.5. The van der Waals surface area contributed by atoms with Crippen molar-refractivity contribution >= 4 is 28.3 Å². The molecule has 0 heterocycles. The van der Waals surface area contributed by atoms with Crippen LogP contribution in [0.2, 0.25) is 5.02 Å². The number of para-hydroxylation sites is 1. The first-order valence-electron chi connectivity index (χ1n) is 8.98. The van der Waals surface area contributed by atoms with Gasteiger partial charge < -0.3 is 14.8 Å². The number of fused-ring (bicyclic) bond motifs is 1. The van der Waals surface area contributed by atoms with Gasteiger partial charge >= 0.3 is 0 Å².